The van der Waals surface area contributed by atoms with Crippen molar-refractivity contribution in [2.24, 2.45) is 0 Å². The van der Waals surface area contributed by atoms with Crippen molar-refractivity contribution in [1.29, 1.82) is 0 Å². The van der Waals surface area contributed by atoms with Gasteiger partial charge in [-0.2, -0.15) is 0 Å². The number of halogens is 2. The Balaban J connectivity index is 0.00000171. The minimum Gasteiger partial charge on any atom is -0.497 e. The van der Waals surface area contributed by atoms with Crippen LogP contribution in [0.15, 0.2) is 47.4 Å². The van der Waals surface area contributed by atoms with Gasteiger partial charge in [0.25, 0.3) is 5.56 Å². The maximum atomic E-state index is 12.5. The van der Waals surface area contributed by atoms with Crippen molar-refractivity contribution in [3.05, 3.63) is 58.6 Å². The molecule has 0 bridgehead atoms. The Labute approximate surface area is 217 Å². The Morgan fingerprint density at radius 1 is 1.03 bits per heavy atom. The smallest absolute Gasteiger partial charge is 0.251 e. The van der Waals surface area contributed by atoms with Crippen LogP contribution in [-0.2, 0) is 13.1 Å². The molecule has 2 aliphatic rings. The molecule has 0 amide bonds. The van der Waals surface area contributed by atoms with Crippen LogP contribution in [0.2, 0.25) is 0 Å². The second kappa shape index (κ2) is 12.4. The molecule has 190 valence electrons. The Morgan fingerprint density at radius 2 is 1.77 bits per heavy atom. The molecule has 0 unspecified atom stereocenters. The minimum atomic E-state index is 0. The van der Waals surface area contributed by atoms with Crippen LogP contribution in [0.5, 0.6) is 17.2 Å². The van der Waals surface area contributed by atoms with Gasteiger partial charge in [-0.3, -0.25) is 9.78 Å². The zero-order valence-electron chi connectivity index (χ0n) is 19.8. The second-order valence-corrected chi connectivity index (χ2v) is 8.56. The van der Waals surface area contributed by atoms with E-state index < -0.39 is 0 Å². The van der Waals surface area contributed by atoms with Gasteiger partial charge in [0.2, 0.25) is 0 Å². The standard InChI is InChI=1S/C25H30N4O4.2ClH/c1-31-21-4-2-18-3-5-25(30)29(22(18)15-21)11-10-28-8-6-19(7-9-28)26-16-20-14-23-24(17-27-20)33-13-12-32-23;;/h2-5,14-15,17,19,26H,6-13,16H2,1H3;2*1H. The molecule has 4 heterocycles. The van der Waals surface area contributed by atoms with E-state index in [-0.39, 0.29) is 30.4 Å². The first-order valence-corrected chi connectivity index (χ1v) is 11.6. The van der Waals surface area contributed by atoms with Crippen LogP contribution in [0.25, 0.3) is 10.9 Å². The number of benzene rings is 1. The molecule has 0 aliphatic carbocycles. The van der Waals surface area contributed by atoms with E-state index in [1.807, 2.05) is 34.9 Å². The number of nitrogens with zero attached hydrogens (tertiary/aromatic N) is 3. The van der Waals surface area contributed by atoms with Crippen molar-refractivity contribution >= 4 is 35.7 Å². The maximum absolute atomic E-state index is 12.5. The highest BCUT2D eigenvalue weighted by atomic mass is 35.5. The van der Waals surface area contributed by atoms with Gasteiger partial charge in [-0.25, -0.2) is 0 Å². The maximum Gasteiger partial charge on any atom is 0.251 e. The first-order valence-electron chi connectivity index (χ1n) is 11.6. The number of hydrogen-bond acceptors (Lipinski definition) is 7. The molecule has 0 saturated carbocycles. The molecule has 2 aromatic heterocycles. The lowest BCUT2D eigenvalue weighted by Gasteiger charge is -2.32. The van der Waals surface area contributed by atoms with Crippen molar-refractivity contribution in [2.75, 3.05) is 40.0 Å². The van der Waals surface area contributed by atoms with E-state index in [0.717, 1.165) is 66.3 Å². The van der Waals surface area contributed by atoms with E-state index in [2.05, 4.69) is 15.2 Å². The van der Waals surface area contributed by atoms with Gasteiger partial charge in [0, 0.05) is 43.9 Å². The Kier molecular flexibility index (Phi) is 9.63. The number of methoxy groups -OCH3 is 1. The second-order valence-electron chi connectivity index (χ2n) is 8.56. The molecule has 5 rings (SSSR count). The van der Waals surface area contributed by atoms with E-state index in [0.29, 0.717) is 32.3 Å². The van der Waals surface area contributed by atoms with Gasteiger partial charge in [0.1, 0.15) is 19.0 Å². The molecule has 8 nitrogen and oxygen atoms in total. The van der Waals surface area contributed by atoms with E-state index >= 15 is 0 Å². The molecule has 1 N–H and O–H groups in total. The highest BCUT2D eigenvalue weighted by Gasteiger charge is 2.20. The van der Waals surface area contributed by atoms with Gasteiger partial charge in [-0.05, 0) is 49.5 Å². The topological polar surface area (TPSA) is 77.9 Å². The Morgan fingerprint density at radius 3 is 2.54 bits per heavy atom. The van der Waals surface area contributed by atoms with Crippen molar-refractivity contribution in [2.45, 2.75) is 32.0 Å². The summed E-state index contributed by atoms with van der Waals surface area (Å²) in [5.41, 5.74) is 1.91. The number of ether oxygens (including phenoxy) is 3. The zero-order chi connectivity index (χ0) is 22.6. The molecule has 35 heavy (non-hydrogen) atoms. The monoisotopic (exact) mass is 522 g/mol. The Hall–Kier alpha value is -2.52. The minimum absolute atomic E-state index is 0. The molecule has 0 radical (unpaired) electrons. The van der Waals surface area contributed by atoms with Gasteiger partial charge in [-0.1, -0.05) is 0 Å². The van der Waals surface area contributed by atoms with E-state index in [1.165, 1.54) is 0 Å². The lowest BCUT2D eigenvalue weighted by Crippen LogP contribution is -2.43. The van der Waals surface area contributed by atoms with Crippen LogP contribution in [0.4, 0.5) is 0 Å². The fourth-order valence-corrected chi connectivity index (χ4v) is 4.56. The van der Waals surface area contributed by atoms with Crippen molar-refractivity contribution in [1.82, 2.24) is 19.8 Å². The van der Waals surface area contributed by atoms with E-state index in [1.54, 1.807) is 19.4 Å². The lowest BCUT2D eigenvalue weighted by atomic mass is 10.0. The molecule has 0 atom stereocenters. The fraction of sp³-hybridized carbons (Fsp3) is 0.440. The lowest BCUT2D eigenvalue weighted by molar-refractivity contribution is 0.170. The third-order valence-electron chi connectivity index (χ3n) is 6.49. The number of aromatic nitrogens is 2. The van der Waals surface area contributed by atoms with E-state index in [9.17, 15) is 4.79 Å². The molecule has 1 aromatic carbocycles. The SMILES string of the molecule is COc1ccc2ccc(=O)n(CCN3CCC(NCc4cc5c(cn4)OCCO5)CC3)c2c1.Cl.Cl. The summed E-state index contributed by atoms with van der Waals surface area (Å²) in [6, 6.07) is 11.8. The number of likely N-dealkylation sites (tertiary alicyclic amines) is 1. The average molecular weight is 523 g/mol. The third kappa shape index (κ3) is 6.38. The molecular formula is C25H32Cl2N4O4. The summed E-state index contributed by atoms with van der Waals surface area (Å²) in [6.07, 6.45) is 3.89. The van der Waals surface area contributed by atoms with Crippen molar-refractivity contribution in [3.8, 4) is 17.2 Å². The molecule has 1 saturated heterocycles. The number of hydrogen-bond donors (Lipinski definition) is 1. The summed E-state index contributed by atoms with van der Waals surface area (Å²) in [5.74, 6) is 2.27. The summed E-state index contributed by atoms with van der Waals surface area (Å²) in [6.45, 7) is 5.42. The first-order chi connectivity index (χ1) is 16.2. The summed E-state index contributed by atoms with van der Waals surface area (Å²) < 4.78 is 18.4. The number of fused-ring (bicyclic) bond motifs is 2. The molecular weight excluding hydrogens is 491 g/mol. The van der Waals surface area contributed by atoms with Gasteiger partial charge in [0.15, 0.2) is 11.5 Å². The van der Waals surface area contributed by atoms with E-state index in [4.69, 9.17) is 14.2 Å². The summed E-state index contributed by atoms with van der Waals surface area (Å²) in [4.78, 5) is 19.5. The van der Waals surface area contributed by atoms with Crippen molar-refractivity contribution in [3.63, 3.8) is 0 Å². The normalized spacial score (nSPS) is 15.8. The number of piperidine rings is 1. The number of nitrogens with one attached hydrogen (secondary N) is 1. The van der Waals surface area contributed by atoms with Crippen LogP contribution in [0.1, 0.15) is 18.5 Å². The summed E-state index contributed by atoms with van der Waals surface area (Å²) in [7, 11) is 1.65. The van der Waals surface area contributed by atoms with Crippen LogP contribution in [-0.4, -0.2) is 60.5 Å². The highest BCUT2D eigenvalue weighted by molar-refractivity contribution is 5.85. The summed E-state index contributed by atoms with van der Waals surface area (Å²) in [5, 5.41) is 4.68. The first kappa shape index (κ1) is 27.1. The third-order valence-corrected chi connectivity index (χ3v) is 6.49. The van der Waals surface area contributed by atoms with Crippen LogP contribution >= 0.6 is 24.8 Å². The molecule has 1 fully saturated rings. The predicted molar refractivity (Wildman–Crippen MR) is 141 cm³/mol. The Bertz CT molecular complexity index is 1180. The van der Waals surface area contributed by atoms with Gasteiger partial charge < -0.3 is 29.0 Å². The van der Waals surface area contributed by atoms with Crippen LogP contribution in [0.3, 0.4) is 0 Å². The highest BCUT2D eigenvalue weighted by Crippen LogP contribution is 2.29. The average Bonchev–Trinajstić information content (AvgIpc) is 2.87. The fourth-order valence-electron chi connectivity index (χ4n) is 4.56. The van der Waals surface area contributed by atoms with Crippen LogP contribution in [0, 0.1) is 0 Å². The quantitative estimate of drug-likeness (QED) is 0.510. The number of pyridine rings is 2. The molecule has 0 spiro atoms. The zero-order valence-corrected chi connectivity index (χ0v) is 21.4. The van der Waals surface area contributed by atoms with Crippen molar-refractivity contribution < 1.29 is 14.2 Å². The number of rotatable bonds is 7. The molecule has 10 heteroatoms. The van der Waals surface area contributed by atoms with Gasteiger partial charge >= 0.3 is 0 Å². The van der Waals surface area contributed by atoms with Gasteiger partial charge in [-0.15, -0.1) is 24.8 Å². The predicted octanol–water partition coefficient (Wildman–Crippen LogP) is 3.27. The van der Waals surface area contributed by atoms with Gasteiger partial charge in [0.05, 0.1) is 24.5 Å². The molecule has 2 aliphatic heterocycles. The van der Waals surface area contributed by atoms with Crippen LogP contribution < -0.4 is 25.1 Å². The summed E-state index contributed by atoms with van der Waals surface area (Å²) >= 11 is 0. The largest absolute Gasteiger partial charge is 0.497 e. The molecule has 3 aromatic rings.